The zero-order chi connectivity index (χ0) is 60.6. The Bertz CT molecular complexity index is 1400. The fourth-order valence-corrected chi connectivity index (χ4v) is 11.8. The third kappa shape index (κ3) is 68.9. The summed E-state index contributed by atoms with van der Waals surface area (Å²) in [6, 6.07) is -0.632. The molecular weight excluding hydrogens is 1030 g/mol. The van der Waals surface area contributed by atoms with Crippen LogP contribution in [-0.4, -0.2) is 47.4 Å². The quantitative estimate of drug-likeness (QED) is 0.0320. The highest BCUT2D eigenvalue weighted by molar-refractivity contribution is 5.76. The molecule has 0 radical (unpaired) electrons. The molecule has 0 saturated carbocycles. The van der Waals surface area contributed by atoms with Crippen LogP contribution in [0.25, 0.3) is 0 Å². The summed E-state index contributed by atoms with van der Waals surface area (Å²) >= 11 is 0. The molecule has 0 aliphatic carbocycles. The van der Waals surface area contributed by atoms with Crippen LogP contribution in [0.1, 0.15) is 412 Å². The van der Waals surface area contributed by atoms with E-state index in [1.54, 1.807) is 6.08 Å². The van der Waals surface area contributed by atoms with Crippen LogP contribution in [0.2, 0.25) is 0 Å². The number of unbranched alkanes of at least 4 members (excludes halogenated alkanes) is 54. The number of allylic oxidation sites excluding steroid dienone is 7. The van der Waals surface area contributed by atoms with E-state index in [-0.39, 0.29) is 18.5 Å². The number of ether oxygens (including phenoxy) is 1. The van der Waals surface area contributed by atoms with Gasteiger partial charge in [0, 0.05) is 12.8 Å². The van der Waals surface area contributed by atoms with Gasteiger partial charge in [-0.15, -0.1) is 0 Å². The lowest BCUT2D eigenvalue weighted by atomic mass is 10.0. The molecule has 6 heteroatoms. The SMILES string of the molecule is CCCCC/C=C\C/C=C\CCCCCCCCCC(=O)OCCCCCCCCCCCCCC/C=C\CCCCCCCCCCCCC(=O)NC(CO)C(O)/C=C/CCCCCCCCCCCCCCCCCCCCCCCC. The number of nitrogens with one attached hydrogen (secondary N) is 1. The van der Waals surface area contributed by atoms with Crippen molar-refractivity contribution in [2.45, 2.75) is 424 Å². The third-order valence-electron chi connectivity index (χ3n) is 17.6. The summed E-state index contributed by atoms with van der Waals surface area (Å²) in [6.45, 7) is 4.91. The van der Waals surface area contributed by atoms with Gasteiger partial charge in [0.15, 0.2) is 0 Å². The Labute approximate surface area is 525 Å². The molecule has 2 atom stereocenters. The third-order valence-corrected chi connectivity index (χ3v) is 17.6. The summed E-state index contributed by atoms with van der Waals surface area (Å²) < 4.78 is 5.50. The number of hydrogen-bond acceptors (Lipinski definition) is 5. The van der Waals surface area contributed by atoms with E-state index in [0.717, 1.165) is 51.4 Å². The van der Waals surface area contributed by atoms with Gasteiger partial charge in [-0.3, -0.25) is 9.59 Å². The van der Waals surface area contributed by atoms with Crippen LogP contribution in [0.5, 0.6) is 0 Å². The van der Waals surface area contributed by atoms with Crippen molar-refractivity contribution in [2.75, 3.05) is 13.2 Å². The Hall–Kier alpha value is -2.18. The fourth-order valence-electron chi connectivity index (χ4n) is 11.8. The second kappa shape index (κ2) is 73.3. The van der Waals surface area contributed by atoms with Gasteiger partial charge in [0.05, 0.1) is 25.4 Å². The minimum atomic E-state index is -0.848. The van der Waals surface area contributed by atoms with E-state index in [4.69, 9.17) is 4.74 Å². The number of aliphatic hydroxyl groups is 2. The molecule has 1 amide bonds. The maximum absolute atomic E-state index is 12.5. The molecule has 0 saturated heterocycles. The van der Waals surface area contributed by atoms with E-state index in [1.165, 1.54) is 334 Å². The van der Waals surface area contributed by atoms with Crippen molar-refractivity contribution in [3.63, 3.8) is 0 Å². The lowest BCUT2D eigenvalue weighted by molar-refractivity contribution is -0.143. The highest BCUT2D eigenvalue weighted by atomic mass is 16.5. The number of carbonyl (C=O) groups is 2. The Balaban J connectivity index is 3.42. The molecule has 0 rings (SSSR count). The first-order valence-corrected chi connectivity index (χ1v) is 37.9. The average molecular weight is 1180 g/mol. The Morgan fingerprint density at radius 3 is 0.940 bits per heavy atom. The lowest BCUT2D eigenvalue weighted by Gasteiger charge is -2.20. The number of amides is 1. The predicted octanol–water partition coefficient (Wildman–Crippen LogP) is 24.8. The van der Waals surface area contributed by atoms with Crippen molar-refractivity contribution < 1.29 is 24.5 Å². The van der Waals surface area contributed by atoms with Gasteiger partial charge in [0.1, 0.15) is 0 Å². The molecule has 0 aliphatic rings. The normalized spacial score (nSPS) is 12.8. The summed E-state index contributed by atoms with van der Waals surface area (Å²) in [5, 5.41) is 23.3. The molecule has 0 spiro atoms. The van der Waals surface area contributed by atoms with Gasteiger partial charge in [-0.05, 0) is 89.9 Å². The van der Waals surface area contributed by atoms with Crippen LogP contribution >= 0.6 is 0 Å². The summed E-state index contributed by atoms with van der Waals surface area (Å²) in [5.41, 5.74) is 0. The molecule has 0 aliphatic heterocycles. The van der Waals surface area contributed by atoms with Crippen LogP contribution in [0.4, 0.5) is 0 Å². The topological polar surface area (TPSA) is 95.9 Å². The zero-order valence-corrected chi connectivity index (χ0v) is 56.6. The highest BCUT2D eigenvalue weighted by Crippen LogP contribution is 2.19. The highest BCUT2D eigenvalue weighted by Gasteiger charge is 2.18. The number of esters is 1. The molecule has 0 bridgehead atoms. The van der Waals surface area contributed by atoms with Gasteiger partial charge in [-0.2, -0.15) is 0 Å². The van der Waals surface area contributed by atoms with E-state index >= 15 is 0 Å². The maximum Gasteiger partial charge on any atom is 0.305 e. The molecule has 0 aromatic carbocycles. The van der Waals surface area contributed by atoms with Crippen LogP contribution in [-0.2, 0) is 14.3 Å². The Morgan fingerprint density at radius 2 is 0.595 bits per heavy atom. The molecule has 0 aromatic heterocycles. The smallest absolute Gasteiger partial charge is 0.305 e. The standard InChI is InChI=1S/C78H147NO5/c1-3-5-7-9-11-13-15-17-19-21-22-23-24-29-32-35-39-42-46-50-54-58-62-66-70-76(81)75(74-80)79-77(82)71-67-63-59-55-51-47-43-40-36-33-30-27-25-26-28-31-34-37-41-45-49-53-57-61-65-69-73-84-78(83)72-68-64-60-56-52-48-44-38-20-18-16-14-12-10-8-6-4-2/h12,14,18,20,25,27,66,70,75-76,80-81H,3-11,13,15-17,19,21-24,26,28-65,67-69,71-74H2,1-2H3,(H,79,82)/b14-12-,20-18-,27-25-,70-66+. The number of aliphatic hydroxyl groups excluding tert-OH is 2. The minimum absolute atomic E-state index is 0.00660. The van der Waals surface area contributed by atoms with E-state index in [9.17, 15) is 19.8 Å². The zero-order valence-electron chi connectivity index (χ0n) is 56.6. The van der Waals surface area contributed by atoms with Gasteiger partial charge in [0.25, 0.3) is 0 Å². The molecule has 0 aromatic rings. The molecule has 0 heterocycles. The molecule has 494 valence electrons. The van der Waals surface area contributed by atoms with E-state index < -0.39 is 12.1 Å². The molecular formula is C78H147NO5. The largest absolute Gasteiger partial charge is 0.466 e. The van der Waals surface area contributed by atoms with E-state index in [0.29, 0.717) is 19.4 Å². The lowest BCUT2D eigenvalue weighted by Crippen LogP contribution is -2.45. The van der Waals surface area contributed by atoms with Crippen molar-refractivity contribution in [1.82, 2.24) is 5.32 Å². The summed E-state index contributed by atoms with van der Waals surface area (Å²) in [7, 11) is 0. The molecule has 2 unspecified atom stereocenters. The maximum atomic E-state index is 12.5. The molecule has 84 heavy (non-hydrogen) atoms. The summed E-state index contributed by atoms with van der Waals surface area (Å²) in [4.78, 5) is 24.6. The van der Waals surface area contributed by atoms with Crippen molar-refractivity contribution >= 4 is 11.9 Å². The van der Waals surface area contributed by atoms with Crippen molar-refractivity contribution in [3.05, 3.63) is 48.6 Å². The molecule has 6 nitrogen and oxygen atoms in total. The van der Waals surface area contributed by atoms with Gasteiger partial charge >= 0.3 is 5.97 Å². The van der Waals surface area contributed by atoms with Crippen LogP contribution in [0.15, 0.2) is 48.6 Å². The molecule has 3 N–H and O–H groups in total. The monoisotopic (exact) mass is 1180 g/mol. The van der Waals surface area contributed by atoms with Gasteiger partial charge in [0.2, 0.25) is 5.91 Å². The average Bonchev–Trinajstić information content (AvgIpc) is 3.51. The summed E-state index contributed by atoms with van der Waals surface area (Å²) in [6.07, 6.45) is 96.3. The van der Waals surface area contributed by atoms with Crippen molar-refractivity contribution in [2.24, 2.45) is 0 Å². The first-order chi connectivity index (χ1) is 41.5. The first-order valence-electron chi connectivity index (χ1n) is 37.9. The van der Waals surface area contributed by atoms with Gasteiger partial charge < -0.3 is 20.3 Å². The van der Waals surface area contributed by atoms with Crippen molar-refractivity contribution in [3.8, 4) is 0 Å². The first kappa shape index (κ1) is 81.8. The number of hydrogen-bond donors (Lipinski definition) is 3. The summed E-state index contributed by atoms with van der Waals surface area (Å²) in [5.74, 6) is -0.0593. The number of carbonyl (C=O) groups excluding carboxylic acids is 2. The van der Waals surface area contributed by atoms with Gasteiger partial charge in [-0.1, -0.05) is 358 Å². The van der Waals surface area contributed by atoms with Crippen LogP contribution in [0.3, 0.4) is 0 Å². The van der Waals surface area contributed by atoms with Crippen LogP contribution < -0.4 is 5.32 Å². The Kier molecular flexibility index (Phi) is 71.4. The predicted molar refractivity (Wildman–Crippen MR) is 370 cm³/mol. The van der Waals surface area contributed by atoms with Gasteiger partial charge in [-0.25, -0.2) is 0 Å². The second-order valence-corrected chi connectivity index (χ2v) is 26.0. The minimum Gasteiger partial charge on any atom is -0.466 e. The second-order valence-electron chi connectivity index (χ2n) is 26.0. The van der Waals surface area contributed by atoms with E-state index in [2.05, 4.69) is 55.6 Å². The fraction of sp³-hybridized carbons (Fsp3) is 0.872. The van der Waals surface area contributed by atoms with E-state index in [1.807, 2.05) is 6.08 Å². The molecule has 0 fully saturated rings. The van der Waals surface area contributed by atoms with Crippen LogP contribution in [0, 0.1) is 0 Å². The Morgan fingerprint density at radius 1 is 0.333 bits per heavy atom. The number of rotatable bonds is 71. The van der Waals surface area contributed by atoms with Crippen molar-refractivity contribution in [1.29, 1.82) is 0 Å².